The number of carbonyl (C=O) groups is 1. The Bertz CT molecular complexity index is 1210. The number of thiazole rings is 1. The molecule has 1 aromatic heterocycles. The number of benzene rings is 2. The maximum atomic E-state index is 12.9. The van der Waals surface area contributed by atoms with E-state index in [-0.39, 0.29) is 12.3 Å². The fraction of sp³-hybridized carbons (Fsp3) is 0.407. The van der Waals surface area contributed by atoms with Crippen LogP contribution in [0.1, 0.15) is 60.9 Å². The van der Waals surface area contributed by atoms with E-state index in [0.29, 0.717) is 30.2 Å². The number of alkyl halides is 3. The van der Waals surface area contributed by atoms with Crippen molar-refractivity contribution >= 4 is 17.3 Å². The number of ether oxygens (including phenoxy) is 2. The highest BCUT2D eigenvalue weighted by atomic mass is 32.1. The molecule has 192 valence electrons. The molecule has 0 radical (unpaired) electrons. The summed E-state index contributed by atoms with van der Waals surface area (Å²) < 4.78 is 50.5. The number of rotatable bonds is 11. The molecule has 1 atom stereocenters. The summed E-state index contributed by atoms with van der Waals surface area (Å²) >= 11 is 0.980. The first-order chi connectivity index (χ1) is 17.2. The highest BCUT2D eigenvalue weighted by molar-refractivity contribution is 7.13. The molecule has 5 nitrogen and oxygen atoms in total. The van der Waals surface area contributed by atoms with Crippen LogP contribution in [0.15, 0.2) is 41.8 Å². The molecule has 1 N–H and O–H groups in total. The second-order valence-corrected chi connectivity index (χ2v) is 9.71. The molecule has 2 aromatic carbocycles. The van der Waals surface area contributed by atoms with E-state index in [0.717, 1.165) is 70.6 Å². The molecule has 0 unspecified atom stereocenters. The highest BCUT2D eigenvalue weighted by Crippen LogP contribution is 2.38. The lowest BCUT2D eigenvalue weighted by Crippen LogP contribution is -2.07. The summed E-state index contributed by atoms with van der Waals surface area (Å²) in [6.45, 7) is 2.95. The van der Waals surface area contributed by atoms with Crippen molar-refractivity contribution in [1.82, 2.24) is 4.98 Å². The third-order valence-corrected chi connectivity index (χ3v) is 7.07. The van der Waals surface area contributed by atoms with Gasteiger partial charge in [0.25, 0.3) is 0 Å². The zero-order valence-electron chi connectivity index (χ0n) is 19.9. The Morgan fingerprint density at radius 3 is 2.69 bits per heavy atom. The quantitative estimate of drug-likeness (QED) is 0.273. The van der Waals surface area contributed by atoms with Crippen LogP contribution in [0.5, 0.6) is 11.5 Å². The van der Waals surface area contributed by atoms with Crippen molar-refractivity contribution in [2.45, 2.75) is 57.5 Å². The minimum absolute atomic E-state index is 0.0749. The van der Waals surface area contributed by atoms with E-state index in [9.17, 15) is 18.0 Å². The second-order valence-electron chi connectivity index (χ2n) is 8.85. The van der Waals surface area contributed by atoms with E-state index in [4.69, 9.17) is 14.6 Å². The Morgan fingerprint density at radius 1 is 1.17 bits per heavy atom. The zero-order valence-corrected chi connectivity index (χ0v) is 20.8. The van der Waals surface area contributed by atoms with E-state index >= 15 is 0 Å². The number of aliphatic carboxylic acids is 1. The van der Waals surface area contributed by atoms with Gasteiger partial charge >= 0.3 is 12.1 Å². The Labute approximate surface area is 211 Å². The van der Waals surface area contributed by atoms with Crippen LogP contribution in [0.25, 0.3) is 10.6 Å². The molecule has 1 aliphatic rings. The number of halogens is 3. The first-order valence-electron chi connectivity index (χ1n) is 12.0. The van der Waals surface area contributed by atoms with Crippen molar-refractivity contribution in [2.75, 3.05) is 13.2 Å². The molecule has 0 bridgehead atoms. The SMILES string of the molecule is CCCc1cc(-c2nc(C(F)(F)F)cs2)ccc1OCCCOc1ccc2c(c1)CC[C@H]2CC(=O)O. The van der Waals surface area contributed by atoms with E-state index in [1.54, 1.807) is 12.1 Å². The van der Waals surface area contributed by atoms with Gasteiger partial charge in [-0.1, -0.05) is 19.4 Å². The molecule has 1 aliphatic carbocycles. The third-order valence-electron chi connectivity index (χ3n) is 6.17. The Balaban J connectivity index is 1.30. The third kappa shape index (κ3) is 6.37. The summed E-state index contributed by atoms with van der Waals surface area (Å²) in [6.07, 6.45) is -0.298. The van der Waals surface area contributed by atoms with Crippen molar-refractivity contribution in [3.8, 4) is 22.1 Å². The lowest BCUT2D eigenvalue weighted by atomic mass is 9.98. The molecule has 0 saturated heterocycles. The van der Waals surface area contributed by atoms with Crippen molar-refractivity contribution in [3.05, 3.63) is 64.2 Å². The zero-order chi connectivity index (χ0) is 25.7. The van der Waals surface area contributed by atoms with E-state index in [1.165, 1.54) is 0 Å². The molecule has 0 spiro atoms. The number of nitrogens with zero attached hydrogens (tertiary/aromatic N) is 1. The molecule has 1 heterocycles. The van der Waals surface area contributed by atoms with Crippen LogP contribution in [0.2, 0.25) is 0 Å². The molecule has 36 heavy (non-hydrogen) atoms. The Morgan fingerprint density at radius 2 is 1.97 bits per heavy atom. The Hall–Kier alpha value is -3.07. The van der Waals surface area contributed by atoms with Crippen molar-refractivity contribution < 1.29 is 32.5 Å². The highest BCUT2D eigenvalue weighted by Gasteiger charge is 2.33. The van der Waals surface area contributed by atoms with Crippen LogP contribution in [0.3, 0.4) is 0 Å². The number of hydrogen-bond donors (Lipinski definition) is 1. The van der Waals surface area contributed by atoms with Crippen LogP contribution >= 0.6 is 11.3 Å². The van der Waals surface area contributed by atoms with Crippen molar-refractivity contribution in [2.24, 2.45) is 0 Å². The number of carboxylic acids is 1. The standard InChI is InChI=1S/C27H28F3NO4S/c1-2-4-19-13-20(26-31-24(16-36-26)27(28,29)30)7-10-23(19)35-12-3-11-34-21-8-9-22-17(14-21)5-6-18(22)15-25(32)33/h7-10,13-14,16,18H,2-6,11-12,15H2,1H3,(H,32,33)/t18-/m0/s1. The van der Waals surface area contributed by atoms with Gasteiger partial charge in [0.2, 0.25) is 0 Å². The molecule has 0 saturated carbocycles. The summed E-state index contributed by atoms with van der Waals surface area (Å²) in [6, 6.07) is 11.3. The Kier molecular flexibility index (Phi) is 8.18. The number of carboxylic acid groups (broad SMARTS) is 1. The lowest BCUT2D eigenvalue weighted by molar-refractivity contribution is -0.140. The maximum absolute atomic E-state index is 12.9. The van der Waals surface area contributed by atoms with Gasteiger partial charge in [0.1, 0.15) is 16.5 Å². The van der Waals surface area contributed by atoms with E-state index in [2.05, 4.69) is 4.98 Å². The summed E-state index contributed by atoms with van der Waals surface area (Å²) in [5.41, 5.74) is 2.98. The largest absolute Gasteiger partial charge is 0.493 e. The van der Waals surface area contributed by atoms with Gasteiger partial charge in [-0.3, -0.25) is 4.79 Å². The summed E-state index contributed by atoms with van der Waals surface area (Å²) in [4.78, 5) is 14.8. The molecular formula is C27H28F3NO4S. The number of fused-ring (bicyclic) bond motifs is 1. The van der Waals surface area contributed by atoms with Crippen LogP contribution in [0.4, 0.5) is 13.2 Å². The van der Waals surface area contributed by atoms with Crippen LogP contribution < -0.4 is 9.47 Å². The number of hydrogen-bond acceptors (Lipinski definition) is 5. The molecule has 0 fully saturated rings. The van der Waals surface area contributed by atoms with Gasteiger partial charge in [0, 0.05) is 17.4 Å². The molecule has 9 heteroatoms. The van der Waals surface area contributed by atoms with Gasteiger partial charge in [0.15, 0.2) is 5.69 Å². The summed E-state index contributed by atoms with van der Waals surface area (Å²) in [5.74, 6) is 0.785. The predicted octanol–water partition coefficient (Wildman–Crippen LogP) is 7.13. The fourth-order valence-corrected chi connectivity index (χ4v) is 5.30. The maximum Gasteiger partial charge on any atom is 0.434 e. The van der Waals surface area contributed by atoms with E-state index < -0.39 is 17.8 Å². The molecular weight excluding hydrogens is 491 g/mol. The smallest absolute Gasteiger partial charge is 0.434 e. The predicted molar refractivity (Wildman–Crippen MR) is 132 cm³/mol. The van der Waals surface area contributed by atoms with Crippen LogP contribution in [0, 0.1) is 0 Å². The van der Waals surface area contributed by atoms with Gasteiger partial charge in [-0.05, 0) is 72.2 Å². The first-order valence-corrected chi connectivity index (χ1v) is 12.9. The lowest BCUT2D eigenvalue weighted by Gasteiger charge is -2.13. The van der Waals surface area contributed by atoms with Crippen LogP contribution in [-0.4, -0.2) is 29.3 Å². The molecule has 4 rings (SSSR count). The van der Waals surface area contributed by atoms with Gasteiger partial charge in [-0.25, -0.2) is 4.98 Å². The fourth-order valence-electron chi connectivity index (χ4n) is 4.48. The monoisotopic (exact) mass is 519 g/mol. The second kappa shape index (κ2) is 11.3. The summed E-state index contributed by atoms with van der Waals surface area (Å²) in [5, 5.41) is 10.4. The van der Waals surface area contributed by atoms with Gasteiger partial charge in [-0.15, -0.1) is 11.3 Å². The van der Waals surface area contributed by atoms with Gasteiger partial charge < -0.3 is 14.6 Å². The van der Waals surface area contributed by atoms with Crippen LogP contribution in [-0.2, 0) is 23.8 Å². The normalized spacial score (nSPS) is 15.1. The minimum Gasteiger partial charge on any atom is -0.493 e. The number of aromatic nitrogens is 1. The first kappa shape index (κ1) is 26.0. The molecule has 0 aliphatic heterocycles. The summed E-state index contributed by atoms with van der Waals surface area (Å²) in [7, 11) is 0. The van der Waals surface area contributed by atoms with Crippen molar-refractivity contribution in [3.63, 3.8) is 0 Å². The van der Waals surface area contributed by atoms with Gasteiger partial charge in [-0.2, -0.15) is 13.2 Å². The average Bonchev–Trinajstić information content (AvgIpc) is 3.47. The van der Waals surface area contributed by atoms with Gasteiger partial charge in [0.05, 0.1) is 19.6 Å². The average molecular weight is 520 g/mol. The van der Waals surface area contributed by atoms with Crippen molar-refractivity contribution in [1.29, 1.82) is 0 Å². The molecule has 0 amide bonds. The minimum atomic E-state index is -4.45. The molecule has 3 aromatic rings. The van der Waals surface area contributed by atoms with E-state index in [1.807, 2.05) is 31.2 Å². The topological polar surface area (TPSA) is 68.7 Å². The number of aryl methyl sites for hydroxylation is 2.